The average Bonchev–Trinajstić information content (AvgIpc) is 2.50. The molecular weight excluding hydrogens is 340 g/mol. The maximum atomic E-state index is 11.4. The molecule has 8 heteroatoms. The Labute approximate surface area is 128 Å². The van der Waals surface area contributed by atoms with E-state index in [9.17, 15) is 9.90 Å². The molecule has 0 amide bonds. The van der Waals surface area contributed by atoms with Gasteiger partial charge in [-0.05, 0) is 28.1 Å². The monoisotopic (exact) mass is 346 g/mol. The first-order chi connectivity index (χ1) is 9.99. The molecule has 0 aliphatic heterocycles. The number of halogens is 1. The van der Waals surface area contributed by atoms with Crippen LogP contribution in [-0.2, 0) is 4.74 Å². The number of nitrogens with zero attached hydrogens (tertiary/aromatic N) is 3. The molecule has 0 unspecified atom stereocenters. The summed E-state index contributed by atoms with van der Waals surface area (Å²) in [7, 11) is 1.17. The Morgan fingerprint density at radius 3 is 2.38 bits per heavy atom. The number of carbonyl (C=O) groups excluding carboxylic acids is 1. The first-order valence-electron chi connectivity index (χ1n) is 5.31. The van der Waals surface area contributed by atoms with Gasteiger partial charge in [0.15, 0.2) is 5.57 Å². The van der Waals surface area contributed by atoms with Gasteiger partial charge in [-0.2, -0.15) is 15.8 Å². The minimum atomic E-state index is -0.731. The highest BCUT2D eigenvalue weighted by atomic mass is 79.9. The van der Waals surface area contributed by atoms with Crippen molar-refractivity contribution in [2.24, 2.45) is 0 Å². The predicted molar refractivity (Wildman–Crippen MR) is 74.6 cm³/mol. The lowest BCUT2D eigenvalue weighted by atomic mass is 10.1. The number of phenols is 1. The first-order valence-corrected chi connectivity index (χ1v) is 6.10. The maximum Gasteiger partial charge on any atom is 0.341 e. The van der Waals surface area contributed by atoms with Gasteiger partial charge in [-0.25, -0.2) is 4.79 Å². The molecule has 0 saturated carbocycles. The van der Waals surface area contributed by atoms with Crippen molar-refractivity contribution in [2.45, 2.75) is 0 Å². The fourth-order valence-corrected chi connectivity index (χ4v) is 1.80. The molecule has 0 radical (unpaired) electrons. The molecule has 0 aromatic heterocycles. The van der Waals surface area contributed by atoms with Crippen molar-refractivity contribution in [3.8, 4) is 24.0 Å². The van der Waals surface area contributed by atoms with Crippen LogP contribution in [0.4, 0.5) is 5.69 Å². The molecule has 0 atom stereocenters. The standard InChI is InChI=1S/C13H7BrN4O3/c1-21-13(20)8-2-3-9(11(14)12(8)19)18-10(6-17)7(4-15)5-16/h2-3,18-19H,1H3. The molecule has 2 N–H and O–H groups in total. The highest BCUT2D eigenvalue weighted by Gasteiger charge is 2.18. The van der Waals surface area contributed by atoms with Gasteiger partial charge < -0.3 is 15.2 Å². The van der Waals surface area contributed by atoms with Crippen LogP contribution < -0.4 is 5.32 Å². The molecule has 0 fully saturated rings. The fourth-order valence-electron chi connectivity index (χ4n) is 1.35. The molecule has 1 aromatic carbocycles. The minimum Gasteiger partial charge on any atom is -0.506 e. The van der Waals surface area contributed by atoms with E-state index in [0.717, 1.165) is 0 Å². The largest absolute Gasteiger partial charge is 0.506 e. The number of nitriles is 3. The van der Waals surface area contributed by atoms with Crippen molar-refractivity contribution >= 4 is 27.6 Å². The van der Waals surface area contributed by atoms with Crippen LogP contribution in [0.25, 0.3) is 0 Å². The number of rotatable bonds is 3. The third kappa shape index (κ3) is 3.30. The van der Waals surface area contributed by atoms with E-state index in [-0.39, 0.29) is 27.2 Å². The third-order valence-corrected chi connectivity index (χ3v) is 3.17. The van der Waals surface area contributed by atoms with E-state index < -0.39 is 11.5 Å². The molecule has 0 aliphatic rings. The number of phenolic OH excluding ortho intramolecular Hbond substituents is 1. The van der Waals surface area contributed by atoms with Gasteiger partial charge in [0.1, 0.15) is 35.2 Å². The summed E-state index contributed by atoms with van der Waals surface area (Å²) in [5.41, 5.74) is -0.537. The van der Waals surface area contributed by atoms with Crippen molar-refractivity contribution < 1.29 is 14.6 Å². The van der Waals surface area contributed by atoms with Crippen molar-refractivity contribution in [3.05, 3.63) is 33.4 Å². The minimum absolute atomic E-state index is 0.0711. The number of esters is 1. The van der Waals surface area contributed by atoms with Gasteiger partial charge in [-0.1, -0.05) is 0 Å². The van der Waals surface area contributed by atoms with Crippen LogP contribution in [0.5, 0.6) is 5.75 Å². The Morgan fingerprint density at radius 2 is 1.90 bits per heavy atom. The van der Waals surface area contributed by atoms with Crippen LogP contribution in [0.1, 0.15) is 10.4 Å². The average molecular weight is 347 g/mol. The van der Waals surface area contributed by atoms with Crippen molar-refractivity contribution in [1.82, 2.24) is 0 Å². The lowest BCUT2D eigenvalue weighted by Crippen LogP contribution is -2.05. The van der Waals surface area contributed by atoms with Crippen molar-refractivity contribution in [2.75, 3.05) is 12.4 Å². The quantitative estimate of drug-likeness (QED) is 0.633. The zero-order valence-electron chi connectivity index (χ0n) is 10.6. The normalized spacial score (nSPS) is 8.71. The molecule has 1 aromatic rings. The summed E-state index contributed by atoms with van der Waals surface area (Å²) in [4.78, 5) is 11.4. The number of benzene rings is 1. The number of carbonyl (C=O) groups is 1. The zero-order chi connectivity index (χ0) is 16.0. The van der Waals surface area contributed by atoms with E-state index in [2.05, 4.69) is 26.0 Å². The maximum absolute atomic E-state index is 11.4. The van der Waals surface area contributed by atoms with Crippen LogP contribution in [0.3, 0.4) is 0 Å². The highest BCUT2D eigenvalue weighted by Crippen LogP contribution is 2.35. The van der Waals surface area contributed by atoms with Gasteiger partial charge in [-0.3, -0.25) is 0 Å². The second kappa shape index (κ2) is 6.95. The number of ether oxygens (including phenoxy) is 1. The molecule has 7 nitrogen and oxygen atoms in total. The number of nitrogens with one attached hydrogen (secondary N) is 1. The van der Waals surface area contributed by atoms with Gasteiger partial charge in [0.05, 0.1) is 17.3 Å². The summed E-state index contributed by atoms with van der Waals surface area (Å²) in [6, 6.07) is 7.50. The van der Waals surface area contributed by atoms with Crippen LogP contribution in [-0.4, -0.2) is 18.2 Å². The van der Waals surface area contributed by atoms with E-state index in [1.54, 1.807) is 18.2 Å². The Balaban J connectivity index is 3.31. The Hall–Kier alpha value is -3.02. The fraction of sp³-hybridized carbons (Fsp3) is 0.0769. The molecule has 0 bridgehead atoms. The van der Waals surface area contributed by atoms with Gasteiger partial charge in [-0.15, -0.1) is 0 Å². The Kier molecular flexibility index (Phi) is 5.31. The van der Waals surface area contributed by atoms with Gasteiger partial charge in [0, 0.05) is 0 Å². The van der Waals surface area contributed by atoms with Crippen molar-refractivity contribution in [3.63, 3.8) is 0 Å². The van der Waals surface area contributed by atoms with E-state index in [4.69, 9.17) is 15.8 Å². The zero-order valence-corrected chi connectivity index (χ0v) is 12.2. The molecule has 0 spiro atoms. The predicted octanol–water partition coefficient (Wildman–Crippen LogP) is 2.18. The van der Waals surface area contributed by atoms with Crippen LogP contribution in [0.15, 0.2) is 27.9 Å². The molecule has 21 heavy (non-hydrogen) atoms. The number of aromatic hydroxyl groups is 1. The second-order valence-electron chi connectivity index (χ2n) is 3.53. The number of anilines is 1. The molecule has 0 heterocycles. The third-order valence-electron chi connectivity index (χ3n) is 2.37. The van der Waals surface area contributed by atoms with Gasteiger partial charge in [0.25, 0.3) is 0 Å². The summed E-state index contributed by atoms with van der Waals surface area (Å²) in [6.07, 6.45) is 0. The highest BCUT2D eigenvalue weighted by molar-refractivity contribution is 9.10. The second-order valence-corrected chi connectivity index (χ2v) is 4.32. The van der Waals surface area contributed by atoms with Crippen molar-refractivity contribution in [1.29, 1.82) is 15.8 Å². The summed E-state index contributed by atoms with van der Waals surface area (Å²) in [5.74, 6) is -1.12. The van der Waals surface area contributed by atoms with E-state index in [1.165, 1.54) is 19.2 Å². The lowest BCUT2D eigenvalue weighted by molar-refractivity contribution is 0.0597. The van der Waals surface area contributed by atoms with Crippen LogP contribution >= 0.6 is 15.9 Å². The van der Waals surface area contributed by atoms with E-state index in [0.29, 0.717) is 0 Å². The summed E-state index contributed by atoms with van der Waals surface area (Å²) >= 11 is 3.06. The Morgan fingerprint density at radius 1 is 1.29 bits per heavy atom. The lowest BCUT2D eigenvalue weighted by Gasteiger charge is -2.11. The summed E-state index contributed by atoms with van der Waals surface area (Å²) in [6.45, 7) is 0. The van der Waals surface area contributed by atoms with E-state index in [1.807, 2.05) is 0 Å². The number of methoxy groups -OCH3 is 1. The Bertz CT molecular complexity index is 734. The summed E-state index contributed by atoms with van der Waals surface area (Å²) < 4.78 is 4.59. The molecular formula is C13H7BrN4O3. The number of hydrogen-bond donors (Lipinski definition) is 2. The van der Waals surface area contributed by atoms with Crippen LogP contribution in [0.2, 0.25) is 0 Å². The number of allylic oxidation sites excluding steroid dienone is 2. The van der Waals surface area contributed by atoms with Gasteiger partial charge >= 0.3 is 5.97 Å². The van der Waals surface area contributed by atoms with E-state index >= 15 is 0 Å². The SMILES string of the molecule is COC(=O)c1ccc(NC(C#N)=C(C#N)C#N)c(Br)c1O. The molecule has 1 rings (SSSR count). The molecule has 0 aliphatic carbocycles. The summed E-state index contributed by atoms with van der Waals surface area (Å²) in [5, 5.41) is 38.8. The molecule has 104 valence electrons. The van der Waals surface area contributed by atoms with Gasteiger partial charge in [0.2, 0.25) is 0 Å². The molecule has 0 saturated heterocycles. The number of hydrogen-bond acceptors (Lipinski definition) is 7. The van der Waals surface area contributed by atoms with Crippen LogP contribution in [0, 0.1) is 34.0 Å². The first kappa shape index (κ1) is 16.0. The smallest absolute Gasteiger partial charge is 0.341 e. The topological polar surface area (TPSA) is 130 Å².